The Morgan fingerprint density at radius 2 is 2.09 bits per heavy atom. The zero-order chi connectivity index (χ0) is 22.8. The molecule has 0 aliphatic carbocycles. The molecule has 0 atom stereocenters. The van der Waals surface area contributed by atoms with Crippen LogP contribution in [-0.4, -0.2) is 83.2 Å². The van der Waals surface area contributed by atoms with Gasteiger partial charge in [0.05, 0.1) is 38.9 Å². The van der Waals surface area contributed by atoms with Crippen molar-refractivity contribution >= 4 is 35.2 Å². The number of morpholine rings is 1. The fourth-order valence-corrected chi connectivity index (χ4v) is 3.98. The van der Waals surface area contributed by atoms with Crippen LogP contribution in [0.15, 0.2) is 35.7 Å². The summed E-state index contributed by atoms with van der Waals surface area (Å²) in [5.74, 6) is 1.14. The van der Waals surface area contributed by atoms with Crippen LogP contribution in [-0.2, 0) is 9.47 Å². The number of fused-ring (bicyclic) bond motifs is 1. The molecule has 0 unspecified atom stereocenters. The fraction of sp³-hybridized carbons (Fsp3) is 0.409. The average Bonchev–Trinajstić information content (AvgIpc) is 3.22. The molecule has 1 N–H and O–H groups in total. The van der Waals surface area contributed by atoms with E-state index in [1.165, 1.54) is 12.7 Å². The molecule has 172 valence electrons. The molecular formula is C22H26N8O3. The number of amides is 1. The number of hydrazone groups is 1. The van der Waals surface area contributed by atoms with Gasteiger partial charge in [-0.05, 0) is 12.5 Å². The number of aryl methyl sites for hydroxylation is 1. The second kappa shape index (κ2) is 9.02. The zero-order valence-corrected chi connectivity index (χ0v) is 18.6. The topological polar surface area (TPSA) is 110 Å². The number of carbonyl (C=O) groups is 1. The third kappa shape index (κ3) is 4.31. The highest BCUT2D eigenvalue weighted by atomic mass is 16.5. The highest BCUT2D eigenvalue weighted by molar-refractivity contribution is 5.86. The van der Waals surface area contributed by atoms with Gasteiger partial charge in [0.1, 0.15) is 0 Å². The van der Waals surface area contributed by atoms with Gasteiger partial charge in [-0.2, -0.15) is 15.1 Å². The highest BCUT2D eigenvalue weighted by Gasteiger charge is 2.34. The molecule has 33 heavy (non-hydrogen) atoms. The van der Waals surface area contributed by atoms with Crippen LogP contribution in [0.25, 0.3) is 11.2 Å². The van der Waals surface area contributed by atoms with Crippen molar-refractivity contribution in [3.8, 4) is 0 Å². The Balaban J connectivity index is 1.45. The fourth-order valence-electron chi connectivity index (χ4n) is 3.98. The lowest BCUT2D eigenvalue weighted by Gasteiger charge is -2.38. The van der Waals surface area contributed by atoms with Crippen LogP contribution in [0.3, 0.4) is 0 Å². The molecular weight excluding hydrogens is 424 g/mol. The molecule has 11 nitrogen and oxygen atoms in total. The molecule has 0 saturated carbocycles. The number of benzene rings is 1. The minimum absolute atomic E-state index is 0.0742. The van der Waals surface area contributed by atoms with Crippen LogP contribution in [0, 0.1) is 6.92 Å². The minimum Gasteiger partial charge on any atom is -0.453 e. The summed E-state index contributed by atoms with van der Waals surface area (Å²) in [6.45, 7) is 5.82. The summed E-state index contributed by atoms with van der Waals surface area (Å²) < 4.78 is 12.3. The number of nitrogens with zero attached hydrogens (tertiary/aromatic N) is 7. The van der Waals surface area contributed by atoms with Crippen LogP contribution in [0.5, 0.6) is 0 Å². The predicted octanol–water partition coefficient (Wildman–Crippen LogP) is 2.04. The Morgan fingerprint density at radius 3 is 2.85 bits per heavy atom. The number of ether oxygens (including phenoxy) is 2. The maximum Gasteiger partial charge on any atom is 0.409 e. The van der Waals surface area contributed by atoms with E-state index in [1.54, 1.807) is 17.4 Å². The molecule has 2 aliphatic rings. The van der Waals surface area contributed by atoms with Gasteiger partial charge in [-0.3, -0.25) is 5.43 Å². The largest absolute Gasteiger partial charge is 0.453 e. The number of aromatic nitrogens is 4. The van der Waals surface area contributed by atoms with Gasteiger partial charge in [0.15, 0.2) is 17.0 Å². The number of likely N-dealkylation sites (tertiary alicyclic amines) is 1. The monoisotopic (exact) mass is 450 g/mol. The van der Waals surface area contributed by atoms with Gasteiger partial charge in [-0.1, -0.05) is 29.8 Å². The Hall–Kier alpha value is -3.73. The number of imidazole rings is 1. The van der Waals surface area contributed by atoms with Gasteiger partial charge in [0.25, 0.3) is 0 Å². The molecule has 4 heterocycles. The molecule has 2 fully saturated rings. The summed E-state index contributed by atoms with van der Waals surface area (Å²) >= 11 is 0. The van der Waals surface area contributed by atoms with Gasteiger partial charge in [0.2, 0.25) is 5.95 Å². The molecule has 0 spiro atoms. The standard InChI is InChI=1S/C22H26N8O3/c1-15-4-3-5-16(10-15)11-24-27-19-18-20(26-21(25-19)28-6-8-33-9-7-28)30(14-23-18)17-12-29(13-17)22(31)32-2/h3-5,10-11,14,17H,6-9,12-13H2,1-2H3,(H,25,26,27)/b24-11+. The smallest absolute Gasteiger partial charge is 0.409 e. The van der Waals surface area contributed by atoms with Gasteiger partial charge in [-0.25, -0.2) is 9.78 Å². The van der Waals surface area contributed by atoms with Crippen molar-refractivity contribution < 1.29 is 14.3 Å². The van der Waals surface area contributed by atoms with Crippen molar-refractivity contribution in [3.05, 3.63) is 41.7 Å². The summed E-state index contributed by atoms with van der Waals surface area (Å²) in [6, 6.07) is 8.16. The van der Waals surface area contributed by atoms with E-state index in [2.05, 4.69) is 26.5 Å². The van der Waals surface area contributed by atoms with E-state index < -0.39 is 0 Å². The van der Waals surface area contributed by atoms with E-state index in [0.29, 0.717) is 62.3 Å². The van der Waals surface area contributed by atoms with Crippen LogP contribution >= 0.6 is 0 Å². The van der Waals surface area contributed by atoms with E-state index in [0.717, 1.165) is 5.56 Å². The van der Waals surface area contributed by atoms with E-state index in [1.807, 2.05) is 29.7 Å². The first-order valence-electron chi connectivity index (χ1n) is 10.9. The molecule has 0 bridgehead atoms. The molecule has 0 radical (unpaired) electrons. The molecule has 2 saturated heterocycles. The van der Waals surface area contributed by atoms with Gasteiger partial charge < -0.3 is 23.8 Å². The van der Waals surface area contributed by atoms with Gasteiger partial charge in [-0.15, -0.1) is 0 Å². The number of methoxy groups -OCH3 is 1. The third-order valence-electron chi connectivity index (χ3n) is 5.82. The van der Waals surface area contributed by atoms with Crippen molar-refractivity contribution in [1.82, 2.24) is 24.4 Å². The third-order valence-corrected chi connectivity index (χ3v) is 5.82. The quantitative estimate of drug-likeness (QED) is 0.465. The normalized spacial score (nSPS) is 16.9. The zero-order valence-electron chi connectivity index (χ0n) is 18.6. The second-order valence-corrected chi connectivity index (χ2v) is 8.11. The SMILES string of the molecule is COC(=O)N1CC(n2cnc3c(N/N=C/c4cccc(C)c4)nc(N4CCOCC4)nc32)C1. The number of nitrogens with one attached hydrogen (secondary N) is 1. The van der Waals surface area contributed by atoms with Crippen LogP contribution in [0.2, 0.25) is 0 Å². The van der Waals surface area contributed by atoms with E-state index in [9.17, 15) is 4.79 Å². The maximum absolute atomic E-state index is 11.8. The number of carbonyl (C=O) groups excluding carboxylic acids is 1. The molecule has 2 aromatic heterocycles. The summed E-state index contributed by atoms with van der Waals surface area (Å²) in [5.41, 5.74) is 6.55. The van der Waals surface area contributed by atoms with E-state index in [4.69, 9.17) is 19.4 Å². The summed E-state index contributed by atoms with van der Waals surface area (Å²) in [7, 11) is 1.39. The van der Waals surface area contributed by atoms with Crippen LogP contribution in [0.1, 0.15) is 17.2 Å². The molecule has 11 heteroatoms. The van der Waals surface area contributed by atoms with Crippen LogP contribution in [0.4, 0.5) is 16.6 Å². The van der Waals surface area contributed by atoms with Crippen LogP contribution < -0.4 is 10.3 Å². The number of hydrogen-bond donors (Lipinski definition) is 1. The lowest BCUT2D eigenvalue weighted by Crippen LogP contribution is -2.50. The van der Waals surface area contributed by atoms with Gasteiger partial charge in [0, 0.05) is 26.2 Å². The van der Waals surface area contributed by atoms with Crippen molar-refractivity contribution in [1.29, 1.82) is 0 Å². The summed E-state index contributed by atoms with van der Waals surface area (Å²) in [6.07, 6.45) is 3.18. The van der Waals surface area contributed by atoms with E-state index in [-0.39, 0.29) is 12.1 Å². The summed E-state index contributed by atoms with van der Waals surface area (Å²) in [5, 5.41) is 4.40. The molecule has 5 rings (SSSR count). The van der Waals surface area contributed by atoms with Gasteiger partial charge >= 0.3 is 6.09 Å². The molecule has 1 aromatic carbocycles. The summed E-state index contributed by atoms with van der Waals surface area (Å²) in [4.78, 5) is 29.6. The van der Waals surface area contributed by atoms with Crippen molar-refractivity contribution in [3.63, 3.8) is 0 Å². The first-order chi connectivity index (χ1) is 16.1. The Bertz CT molecular complexity index is 1180. The Morgan fingerprint density at radius 1 is 1.27 bits per heavy atom. The maximum atomic E-state index is 11.8. The van der Waals surface area contributed by atoms with E-state index >= 15 is 0 Å². The molecule has 3 aromatic rings. The average molecular weight is 451 g/mol. The van der Waals surface area contributed by atoms with Crippen molar-refractivity contribution in [2.75, 3.05) is 56.8 Å². The Kier molecular flexibility index (Phi) is 5.78. The lowest BCUT2D eigenvalue weighted by molar-refractivity contribution is 0.0721. The lowest BCUT2D eigenvalue weighted by atomic mass is 10.1. The number of anilines is 2. The molecule has 1 amide bonds. The number of rotatable bonds is 5. The first kappa shape index (κ1) is 21.1. The first-order valence-corrected chi connectivity index (χ1v) is 10.9. The molecule has 2 aliphatic heterocycles. The second-order valence-electron chi connectivity index (χ2n) is 8.11. The predicted molar refractivity (Wildman–Crippen MR) is 124 cm³/mol. The van der Waals surface area contributed by atoms with Crippen molar-refractivity contribution in [2.45, 2.75) is 13.0 Å². The highest BCUT2D eigenvalue weighted by Crippen LogP contribution is 2.29. The van der Waals surface area contributed by atoms with Crippen molar-refractivity contribution in [2.24, 2.45) is 5.10 Å². The minimum atomic E-state index is -0.327. The Labute approximate surface area is 191 Å². The number of hydrogen-bond acceptors (Lipinski definition) is 9.